The smallest absolute Gasteiger partial charge is 0.119 e. The molecule has 0 unspecified atom stereocenters. The summed E-state index contributed by atoms with van der Waals surface area (Å²) in [5, 5.41) is 6.48. The molecule has 0 saturated heterocycles. The maximum Gasteiger partial charge on any atom is 0.119 e. The Kier molecular flexibility index (Phi) is 6.95. The number of pyridine rings is 1. The van der Waals surface area contributed by atoms with Gasteiger partial charge in [0, 0.05) is 41.0 Å². The molecule has 4 aromatic rings. The first-order valence-corrected chi connectivity index (χ1v) is 11.1. The van der Waals surface area contributed by atoms with Gasteiger partial charge in [-0.05, 0) is 61.9 Å². The van der Waals surface area contributed by atoms with E-state index in [4.69, 9.17) is 25.7 Å². The number of fused-ring (bicyclic) bond motifs is 2. The van der Waals surface area contributed by atoms with E-state index >= 15 is 0 Å². The highest BCUT2D eigenvalue weighted by atomic mass is 35.5. The molecule has 4 rings (SSSR count). The Morgan fingerprint density at radius 3 is 2.74 bits per heavy atom. The molecule has 0 atom stereocenters. The fourth-order valence-electron chi connectivity index (χ4n) is 3.96. The van der Waals surface area contributed by atoms with Gasteiger partial charge in [0.2, 0.25) is 0 Å². The lowest BCUT2D eigenvalue weighted by Crippen LogP contribution is -2.26. The van der Waals surface area contributed by atoms with Gasteiger partial charge >= 0.3 is 0 Å². The van der Waals surface area contributed by atoms with Crippen LogP contribution in [0.15, 0.2) is 59.4 Å². The predicted molar refractivity (Wildman–Crippen MR) is 128 cm³/mol. The van der Waals surface area contributed by atoms with Gasteiger partial charge in [-0.25, -0.2) is 4.98 Å². The normalized spacial score (nSPS) is 11.5. The standard InChI is InChI=1S/C25H28ClN3O2/c1-3-11-29(16-18-9-13-31-17-18)12-4-10-27-25-21-7-5-19(26)14-24(21)28-23-8-6-20(30-2)15-22(23)25/h5-9,13-15,17H,3-4,10-12,16H2,1-2H3,(H,27,28). The molecule has 0 spiro atoms. The van der Waals surface area contributed by atoms with Gasteiger partial charge in [0.05, 0.1) is 36.4 Å². The van der Waals surface area contributed by atoms with E-state index in [0.717, 1.165) is 72.3 Å². The van der Waals surface area contributed by atoms with Crippen molar-refractivity contribution in [2.75, 3.05) is 32.1 Å². The van der Waals surface area contributed by atoms with E-state index in [0.29, 0.717) is 5.02 Å². The first-order valence-electron chi connectivity index (χ1n) is 10.7. The fourth-order valence-corrected chi connectivity index (χ4v) is 4.12. The largest absolute Gasteiger partial charge is 0.497 e. The molecule has 2 aromatic carbocycles. The summed E-state index contributed by atoms with van der Waals surface area (Å²) in [7, 11) is 1.69. The Bertz CT molecular complexity index is 1140. The van der Waals surface area contributed by atoms with Crippen LogP contribution in [0.1, 0.15) is 25.3 Å². The molecule has 2 aromatic heterocycles. The molecule has 0 aliphatic carbocycles. The maximum absolute atomic E-state index is 6.23. The highest BCUT2D eigenvalue weighted by Crippen LogP contribution is 2.34. The number of benzene rings is 2. The van der Waals surface area contributed by atoms with Crippen LogP contribution >= 0.6 is 11.6 Å². The van der Waals surface area contributed by atoms with Crippen molar-refractivity contribution in [3.8, 4) is 5.75 Å². The van der Waals surface area contributed by atoms with E-state index in [-0.39, 0.29) is 0 Å². The molecular weight excluding hydrogens is 410 g/mol. The first kappa shape index (κ1) is 21.5. The van der Waals surface area contributed by atoms with Crippen LogP contribution in [-0.4, -0.2) is 36.6 Å². The van der Waals surface area contributed by atoms with Crippen molar-refractivity contribution in [1.29, 1.82) is 0 Å². The number of halogens is 1. The molecule has 0 bridgehead atoms. The Morgan fingerprint density at radius 2 is 1.97 bits per heavy atom. The molecule has 162 valence electrons. The summed E-state index contributed by atoms with van der Waals surface area (Å²) in [6, 6.07) is 13.9. The molecule has 0 aliphatic rings. The van der Waals surface area contributed by atoms with Crippen LogP contribution in [0.3, 0.4) is 0 Å². The lowest BCUT2D eigenvalue weighted by molar-refractivity contribution is 0.264. The summed E-state index contributed by atoms with van der Waals surface area (Å²) < 4.78 is 10.7. The molecule has 0 amide bonds. The van der Waals surface area contributed by atoms with Crippen LogP contribution in [0.4, 0.5) is 5.69 Å². The molecule has 0 radical (unpaired) electrons. The van der Waals surface area contributed by atoms with Gasteiger partial charge in [0.1, 0.15) is 5.75 Å². The topological polar surface area (TPSA) is 50.5 Å². The first-order chi connectivity index (χ1) is 15.2. The molecule has 2 heterocycles. The number of hydrogen-bond donors (Lipinski definition) is 1. The third-order valence-electron chi connectivity index (χ3n) is 5.42. The number of furan rings is 1. The monoisotopic (exact) mass is 437 g/mol. The lowest BCUT2D eigenvalue weighted by Gasteiger charge is -2.21. The minimum atomic E-state index is 0.688. The van der Waals surface area contributed by atoms with Gasteiger partial charge in [-0.15, -0.1) is 0 Å². The van der Waals surface area contributed by atoms with Gasteiger partial charge < -0.3 is 14.5 Å². The van der Waals surface area contributed by atoms with Crippen molar-refractivity contribution >= 4 is 39.1 Å². The van der Waals surface area contributed by atoms with Crippen molar-refractivity contribution in [1.82, 2.24) is 9.88 Å². The SMILES string of the molecule is CCCN(CCCNc1c2ccc(Cl)cc2nc2ccc(OC)cc12)Cc1ccoc1. The third kappa shape index (κ3) is 5.12. The van der Waals surface area contributed by atoms with E-state index in [1.807, 2.05) is 48.7 Å². The fraction of sp³-hybridized carbons (Fsp3) is 0.320. The van der Waals surface area contributed by atoms with Crippen molar-refractivity contribution < 1.29 is 9.15 Å². The second kappa shape index (κ2) is 10.0. The number of rotatable bonds is 10. The van der Waals surface area contributed by atoms with Gasteiger partial charge in [0.15, 0.2) is 0 Å². The molecule has 5 nitrogen and oxygen atoms in total. The quantitative estimate of drug-likeness (QED) is 0.231. The van der Waals surface area contributed by atoms with Crippen LogP contribution in [0.5, 0.6) is 5.75 Å². The van der Waals surface area contributed by atoms with Gasteiger partial charge in [0.25, 0.3) is 0 Å². The predicted octanol–water partition coefficient (Wildman–Crippen LogP) is 6.36. The van der Waals surface area contributed by atoms with E-state index in [9.17, 15) is 0 Å². The van der Waals surface area contributed by atoms with Gasteiger partial charge in [-0.3, -0.25) is 4.90 Å². The molecule has 0 aliphatic heterocycles. The number of nitrogens with one attached hydrogen (secondary N) is 1. The zero-order valence-corrected chi connectivity index (χ0v) is 18.8. The van der Waals surface area contributed by atoms with Crippen LogP contribution in [0.25, 0.3) is 21.8 Å². The van der Waals surface area contributed by atoms with Crippen LogP contribution in [0, 0.1) is 0 Å². The summed E-state index contributed by atoms with van der Waals surface area (Å²) in [5.74, 6) is 0.819. The number of hydrogen-bond acceptors (Lipinski definition) is 5. The molecular formula is C25H28ClN3O2. The molecule has 1 N–H and O–H groups in total. The zero-order chi connectivity index (χ0) is 21.6. The summed E-state index contributed by atoms with van der Waals surface area (Å²) >= 11 is 6.23. The van der Waals surface area contributed by atoms with Crippen molar-refractivity contribution in [2.24, 2.45) is 0 Å². The second-order valence-corrected chi connectivity index (χ2v) is 8.16. The Hall–Kier alpha value is -2.76. The summed E-state index contributed by atoms with van der Waals surface area (Å²) in [4.78, 5) is 7.27. The van der Waals surface area contributed by atoms with Crippen molar-refractivity contribution in [2.45, 2.75) is 26.3 Å². The van der Waals surface area contributed by atoms with Crippen LogP contribution in [0.2, 0.25) is 5.02 Å². The van der Waals surface area contributed by atoms with Crippen molar-refractivity contribution in [3.05, 3.63) is 65.6 Å². The molecule has 0 fully saturated rings. The molecule has 31 heavy (non-hydrogen) atoms. The van der Waals surface area contributed by atoms with Crippen LogP contribution < -0.4 is 10.1 Å². The average Bonchev–Trinajstić information content (AvgIpc) is 3.28. The molecule has 6 heteroatoms. The summed E-state index contributed by atoms with van der Waals surface area (Å²) in [6.45, 7) is 6.08. The summed E-state index contributed by atoms with van der Waals surface area (Å²) in [5.41, 5.74) is 4.11. The van der Waals surface area contributed by atoms with Crippen molar-refractivity contribution in [3.63, 3.8) is 0 Å². The number of nitrogens with zero attached hydrogens (tertiary/aromatic N) is 2. The average molecular weight is 438 g/mol. The Morgan fingerprint density at radius 1 is 1.06 bits per heavy atom. The Labute approximate surface area is 188 Å². The van der Waals surface area contributed by atoms with E-state index < -0.39 is 0 Å². The number of anilines is 1. The summed E-state index contributed by atoms with van der Waals surface area (Å²) in [6.07, 6.45) is 5.72. The second-order valence-electron chi connectivity index (χ2n) is 7.72. The van der Waals surface area contributed by atoms with E-state index in [2.05, 4.69) is 17.1 Å². The lowest BCUT2D eigenvalue weighted by atomic mass is 10.1. The number of aromatic nitrogens is 1. The molecule has 0 saturated carbocycles. The highest BCUT2D eigenvalue weighted by molar-refractivity contribution is 6.31. The highest BCUT2D eigenvalue weighted by Gasteiger charge is 2.11. The van der Waals surface area contributed by atoms with E-state index in [1.54, 1.807) is 13.4 Å². The Balaban J connectivity index is 1.53. The minimum Gasteiger partial charge on any atom is -0.497 e. The maximum atomic E-state index is 6.23. The number of methoxy groups -OCH3 is 1. The third-order valence-corrected chi connectivity index (χ3v) is 5.66. The zero-order valence-electron chi connectivity index (χ0n) is 18.0. The minimum absolute atomic E-state index is 0.688. The number of ether oxygens (including phenoxy) is 1. The van der Waals surface area contributed by atoms with Gasteiger partial charge in [-0.1, -0.05) is 18.5 Å². The van der Waals surface area contributed by atoms with E-state index in [1.165, 1.54) is 5.56 Å². The van der Waals surface area contributed by atoms with Crippen LogP contribution in [-0.2, 0) is 6.54 Å². The van der Waals surface area contributed by atoms with Gasteiger partial charge in [-0.2, -0.15) is 0 Å².